The normalized spacial score (nSPS) is 13.2. The summed E-state index contributed by atoms with van der Waals surface area (Å²) in [5, 5.41) is 9.06. The van der Waals surface area contributed by atoms with Crippen LogP contribution < -0.4 is 4.72 Å². The van der Waals surface area contributed by atoms with Crippen LogP contribution in [0.25, 0.3) is 0 Å². The van der Waals surface area contributed by atoms with Gasteiger partial charge < -0.3 is 5.11 Å². The van der Waals surface area contributed by atoms with Crippen molar-refractivity contribution in [3.63, 3.8) is 0 Å². The molecule has 7 heteroatoms. The molecule has 1 unspecified atom stereocenters. The Labute approximate surface area is 124 Å². The minimum Gasteiger partial charge on any atom is -0.481 e. The average Bonchev–Trinajstić information content (AvgIpc) is 2.33. The standard InChI is InChI=1S/C13H18ClNO4S/c1-9(3-6-13(16)17)8-15-20(18,19)12-5-4-11(14)7-10(12)2/h4-5,7,9,15H,3,6,8H2,1-2H3,(H,16,17). The highest BCUT2D eigenvalue weighted by Crippen LogP contribution is 2.19. The van der Waals surface area contributed by atoms with Crippen LogP contribution in [0.2, 0.25) is 5.02 Å². The number of carbonyl (C=O) groups is 1. The van der Waals surface area contributed by atoms with E-state index < -0.39 is 16.0 Å². The van der Waals surface area contributed by atoms with Gasteiger partial charge in [0.05, 0.1) is 4.90 Å². The Balaban J connectivity index is 2.68. The summed E-state index contributed by atoms with van der Waals surface area (Å²) in [5.74, 6) is -0.929. The van der Waals surface area contributed by atoms with Gasteiger partial charge in [-0.2, -0.15) is 0 Å². The Kier molecular flexibility index (Phi) is 5.98. The first-order valence-corrected chi connectivity index (χ1v) is 8.06. The number of hydrogen-bond acceptors (Lipinski definition) is 3. The number of aliphatic carboxylic acids is 1. The third kappa shape index (κ3) is 5.11. The lowest BCUT2D eigenvalue weighted by atomic mass is 10.1. The van der Waals surface area contributed by atoms with Gasteiger partial charge in [0.2, 0.25) is 10.0 Å². The molecule has 0 spiro atoms. The molecule has 0 heterocycles. The van der Waals surface area contributed by atoms with Crippen LogP contribution in [0.4, 0.5) is 0 Å². The number of rotatable bonds is 7. The lowest BCUT2D eigenvalue weighted by molar-refractivity contribution is -0.137. The fourth-order valence-electron chi connectivity index (χ4n) is 1.72. The fourth-order valence-corrected chi connectivity index (χ4v) is 3.33. The van der Waals surface area contributed by atoms with Crippen LogP contribution in [0.15, 0.2) is 23.1 Å². The third-order valence-electron chi connectivity index (χ3n) is 2.90. The molecule has 0 aromatic heterocycles. The molecule has 20 heavy (non-hydrogen) atoms. The van der Waals surface area contributed by atoms with Gasteiger partial charge in [-0.1, -0.05) is 18.5 Å². The van der Waals surface area contributed by atoms with E-state index in [4.69, 9.17) is 16.7 Å². The number of hydrogen-bond donors (Lipinski definition) is 2. The SMILES string of the molecule is Cc1cc(Cl)ccc1S(=O)(=O)NCC(C)CCC(=O)O. The molecule has 112 valence electrons. The van der Waals surface area contributed by atoms with Crippen LogP contribution >= 0.6 is 11.6 Å². The van der Waals surface area contributed by atoms with Crippen molar-refractivity contribution in [2.75, 3.05) is 6.54 Å². The van der Waals surface area contributed by atoms with E-state index in [1.54, 1.807) is 19.9 Å². The van der Waals surface area contributed by atoms with Crippen molar-refractivity contribution in [1.29, 1.82) is 0 Å². The molecule has 0 aliphatic carbocycles. The molecule has 0 aliphatic heterocycles. The van der Waals surface area contributed by atoms with E-state index in [1.807, 2.05) is 0 Å². The van der Waals surface area contributed by atoms with E-state index in [-0.39, 0.29) is 23.8 Å². The Morgan fingerprint density at radius 2 is 2.10 bits per heavy atom. The van der Waals surface area contributed by atoms with Crippen molar-refractivity contribution in [1.82, 2.24) is 4.72 Å². The maximum absolute atomic E-state index is 12.1. The first kappa shape index (κ1) is 16.9. The maximum atomic E-state index is 12.1. The summed E-state index contributed by atoms with van der Waals surface area (Å²) in [6.07, 6.45) is 0.459. The van der Waals surface area contributed by atoms with E-state index in [1.165, 1.54) is 12.1 Å². The second-order valence-electron chi connectivity index (χ2n) is 4.80. The summed E-state index contributed by atoms with van der Waals surface area (Å²) in [6, 6.07) is 4.57. The molecular weight excluding hydrogens is 302 g/mol. The third-order valence-corrected chi connectivity index (χ3v) is 4.72. The smallest absolute Gasteiger partial charge is 0.303 e. The lowest BCUT2D eigenvalue weighted by Crippen LogP contribution is -2.29. The van der Waals surface area contributed by atoms with Crippen LogP contribution in [0.1, 0.15) is 25.3 Å². The number of carboxylic acid groups (broad SMARTS) is 1. The van der Waals surface area contributed by atoms with Gasteiger partial charge in [0, 0.05) is 18.0 Å². The van der Waals surface area contributed by atoms with E-state index in [9.17, 15) is 13.2 Å². The Morgan fingerprint density at radius 1 is 1.45 bits per heavy atom. The number of sulfonamides is 1. The van der Waals surface area contributed by atoms with Crippen molar-refractivity contribution in [3.8, 4) is 0 Å². The molecule has 1 aromatic carbocycles. The van der Waals surface area contributed by atoms with Gasteiger partial charge in [-0.25, -0.2) is 13.1 Å². The summed E-state index contributed by atoms with van der Waals surface area (Å²) in [5.41, 5.74) is 0.572. The van der Waals surface area contributed by atoms with E-state index in [2.05, 4.69) is 4.72 Å². The Hall–Kier alpha value is -1.11. The number of benzene rings is 1. The summed E-state index contributed by atoms with van der Waals surface area (Å²) in [6.45, 7) is 3.69. The monoisotopic (exact) mass is 319 g/mol. The first-order chi connectivity index (χ1) is 9.22. The van der Waals surface area contributed by atoms with Crippen LogP contribution in [0, 0.1) is 12.8 Å². The van der Waals surface area contributed by atoms with Gasteiger partial charge in [-0.15, -0.1) is 0 Å². The molecule has 1 rings (SSSR count). The molecule has 0 amide bonds. The van der Waals surface area contributed by atoms with Crippen LogP contribution in [0.3, 0.4) is 0 Å². The van der Waals surface area contributed by atoms with Gasteiger partial charge in [0.15, 0.2) is 0 Å². The molecule has 1 atom stereocenters. The number of nitrogens with one attached hydrogen (secondary N) is 1. The topological polar surface area (TPSA) is 83.5 Å². The lowest BCUT2D eigenvalue weighted by Gasteiger charge is -2.13. The zero-order valence-electron chi connectivity index (χ0n) is 11.4. The molecule has 0 radical (unpaired) electrons. The van der Waals surface area contributed by atoms with Gasteiger partial charge in [-0.05, 0) is 43.0 Å². The van der Waals surface area contributed by atoms with E-state index in [0.717, 1.165) is 0 Å². The molecule has 2 N–H and O–H groups in total. The molecule has 0 fully saturated rings. The number of carboxylic acids is 1. The van der Waals surface area contributed by atoms with E-state index in [0.29, 0.717) is 17.0 Å². The first-order valence-electron chi connectivity index (χ1n) is 6.20. The molecule has 1 aromatic rings. The van der Waals surface area contributed by atoms with Crippen molar-refractivity contribution >= 4 is 27.6 Å². The summed E-state index contributed by atoms with van der Waals surface area (Å²) >= 11 is 5.79. The predicted molar refractivity (Wildman–Crippen MR) is 77.4 cm³/mol. The van der Waals surface area contributed by atoms with Crippen LogP contribution in [-0.2, 0) is 14.8 Å². The molecule has 0 bridgehead atoms. The van der Waals surface area contributed by atoms with Crippen LogP contribution in [0.5, 0.6) is 0 Å². The number of aryl methyl sites for hydroxylation is 1. The van der Waals surface area contributed by atoms with Gasteiger partial charge >= 0.3 is 5.97 Å². The molecular formula is C13H18ClNO4S. The minimum atomic E-state index is -3.60. The Morgan fingerprint density at radius 3 is 2.65 bits per heavy atom. The van der Waals surface area contributed by atoms with Crippen molar-refractivity contribution in [2.24, 2.45) is 5.92 Å². The van der Waals surface area contributed by atoms with Crippen molar-refractivity contribution in [2.45, 2.75) is 31.6 Å². The molecule has 0 aliphatic rings. The minimum absolute atomic E-state index is 0.0306. The predicted octanol–water partition coefficient (Wildman–Crippen LogP) is 2.43. The highest BCUT2D eigenvalue weighted by molar-refractivity contribution is 7.89. The largest absolute Gasteiger partial charge is 0.481 e. The van der Waals surface area contributed by atoms with Gasteiger partial charge in [0.1, 0.15) is 0 Å². The molecule has 0 saturated carbocycles. The summed E-state index contributed by atoms with van der Waals surface area (Å²) in [7, 11) is -3.60. The average molecular weight is 320 g/mol. The zero-order chi connectivity index (χ0) is 15.3. The summed E-state index contributed by atoms with van der Waals surface area (Å²) in [4.78, 5) is 10.6. The Bertz CT molecular complexity index is 586. The van der Waals surface area contributed by atoms with E-state index >= 15 is 0 Å². The molecule has 0 saturated heterocycles. The van der Waals surface area contributed by atoms with Crippen molar-refractivity contribution in [3.05, 3.63) is 28.8 Å². The van der Waals surface area contributed by atoms with Crippen LogP contribution in [-0.4, -0.2) is 26.0 Å². The second kappa shape index (κ2) is 7.06. The summed E-state index contributed by atoms with van der Waals surface area (Å²) < 4.78 is 26.8. The quantitative estimate of drug-likeness (QED) is 0.808. The second-order valence-corrected chi connectivity index (χ2v) is 6.97. The maximum Gasteiger partial charge on any atom is 0.303 e. The zero-order valence-corrected chi connectivity index (χ0v) is 13.0. The van der Waals surface area contributed by atoms with Crippen molar-refractivity contribution < 1.29 is 18.3 Å². The highest BCUT2D eigenvalue weighted by atomic mass is 35.5. The highest BCUT2D eigenvalue weighted by Gasteiger charge is 2.18. The molecule has 5 nitrogen and oxygen atoms in total. The van der Waals surface area contributed by atoms with Gasteiger partial charge in [-0.3, -0.25) is 4.79 Å². The van der Waals surface area contributed by atoms with Gasteiger partial charge in [0.25, 0.3) is 0 Å². The number of halogens is 1. The fraction of sp³-hybridized carbons (Fsp3) is 0.462.